The SMILES string of the molecule is CC1=C(Cl)C(=O)N(c2cc(C(C)(C)C)on2)C1OC(=O)c1ccc(C(F)(F)F)nc1. The van der Waals surface area contributed by atoms with Gasteiger partial charge in [-0.25, -0.2) is 9.69 Å². The molecule has 0 aromatic carbocycles. The molecule has 2 aromatic rings. The zero-order valence-corrected chi connectivity index (χ0v) is 17.1. The zero-order valence-electron chi connectivity index (χ0n) is 16.4. The van der Waals surface area contributed by atoms with Crippen molar-refractivity contribution < 1.29 is 32.0 Å². The summed E-state index contributed by atoms with van der Waals surface area (Å²) in [6.07, 6.45) is -5.12. The van der Waals surface area contributed by atoms with Crippen LogP contribution < -0.4 is 4.90 Å². The topological polar surface area (TPSA) is 85.5 Å². The highest BCUT2D eigenvalue weighted by atomic mass is 35.5. The fourth-order valence-corrected chi connectivity index (χ4v) is 2.82. The Kier molecular flexibility index (Phi) is 5.40. The number of alkyl halides is 3. The van der Waals surface area contributed by atoms with Crippen molar-refractivity contribution in [2.45, 2.75) is 45.5 Å². The van der Waals surface area contributed by atoms with Crippen molar-refractivity contribution in [3.63, 3.8) is 0 Å². The highest BCUT2D eigenvalue weighted by molar-refractivity contribution is 6.45. The van der Waals surface area contributed by atoms with Gasteiger partial charge in [-0.05, 0) is 19.1 Å². The normalized spacial score (nSPS) is 17.7. The third-order valence-corrected chi connectivity index (χ3v) is 4.81. The lowest BCUT2D eigenvalue weighted by atomic mass is 9.93. The molecule has 1 atom stereocenters. The number of ether oxygens (including phenoxy) is 1. The highest BCUT2D eigenvalue weighted by Crippen LogP contribution is 2.35. The number of esters is 1. The molecular formula is C19H17ClF3N3O4. The number of pyridine rings is 1. The van der Waals surface area contributed by atoms with E-state index in [1.165, 1.54) is 13.0 Å². The Balaban J connectivity index is 1.87. The van der Waals surface area contributed by atoms with Crippen LogP contribution in [0.25, 0.3) is 0 Å². The summed E-state index contributed by atoms with van der Waals surface area (Å²) in [5, 5.41) is 3.71. The predicted molar refractivity (Wildman–Crippen MR) is 99.7 cm³/mol. The number of nitrogens with zero attached hydrogens (tertiary/aromatic N) is 3. The van der Waals surface area contributed by atoms with E-state index in [0.29, 0.717) is 11.8 Å². The van der Waals surface area contributed by atoms with E-state index in [1.54, 1.807) is 0 Å². The van der Waals surface area contributed by atoms with Gasteiger partial charge in [0, 0.05) is 23.3 Å². The van der Waals surface area contributed by atoms with E-state index in [4.69, 9.17) is 20.9 Å². The van der Waals surface area contributed by atoms with Gasteiger partial charge in [0.2, 0.25) is 6.23 Å². The molecule has 3 heterocycles. The van der Waals surface area contributed by atoms with E-state index in [0.717, 1.165) is 17.2 Å². The van der Waals surface area contributed by atoms with Crippen LogP contribution in [0.3, 0.4) is 0 Å². The largest absolute Gasteiger partial charge is 0.433 e. The zero-order chi connectivity index (χ0) is 22.4. The van der Waals surface area contributed by atoms with Gasteiger partial charge >= 0.3 is 12.1 Å². The van der Waals surface area contributed by atoms with Crippen LogP contribution in [0.1, 0.15) is 49.5 Å². The quantitative estimate of drug-likeness (QED) is 0.652. The first-order valence-electron chi connectivity index (χ1n) is 8.72. The van der Waals surface area contributed by atoms with Gasteiger partial charge in [-0.2, -0.15) is 13.2 Å². The van der Waals surface area contributed by atoms with Crippen LogP contribution in [0.5, 0.6) is 0 Å². The van der Waals surface area contributed by atoms with Crippen LogP contribution in [0.4, 0.5) is 19.0 Å². The van der Waals surface area contributed by atoms with Crippen LogP contribution >= 0.6 is 11.6 Å². The summed E-state index contributed by atoms with van der Waals surface area (Å²) >= 11 is 6.05. The van der Waals surface area contributed by atoms with E-state index < -0.39 is 35.4 Å². The molecule has 1 unspecified atom stereocenters. The van der Waals surface area contributed by atoms with E-state index in [2.05, 4.69) is 10.1 Å². The van der Waals surface area contributed by atoms with Crippen molar-refractivity contribution in [2.75, 3.05) is 4.90 Å². The summed E-state index contributed by atoms with van der Waals surface area (Å²) in [4.78, 5) is 29.3. The van der Waals surface area contributed by atoms with Crippen LogP contribution in [0.2, 0.25) is 0 Å². The number of hydrogen-bond acceptors (Lipinski definition) is 6. The third kappa shape index (κ3) is 4.04. The molecule has 1 aliphatic rings. The Labute approximate surface area is 174 Å². The average molecular weight is 444 g/mol. The van der Waals surface area contributed by atoms with Gasteiger partial charge in [0.25, 0.3) is 5.91 Å². The molecule has 1 amide bonds. The Morgan fingerprint density at radius 1 is 1.27 bits per heavy atom. The Morgan fingerprint density at radius 2 is 1.93 bits per heavy atom. The molecule has 0 bridgehead atoms. The predicted octanol–water partition coefficient (Wildman–Crippen LogP) is 4.43. The maximum absolute atomic E-state index is 12.7. The van der Waals surface area contributed by atoms with Crippen molar-refractivity contribution in [3.05, 3.63) is 52.0 Å². The monoisotopic (exact) mass is 443 g/mol. The van der Waals surface area contributed by atoms with Crippen molar-refractivity contribution >= 4 is 29.3 Å². The minimum atomic E-state index is -4.64. The van der Waals surface area contributed by atoms with E-state index in [-0.39, 0.29) is 22.0 Å². The molecular weight excluding hydrogens is 427 g/mol. The number of amides is 1. The number of carbonyl (C=O) groups is 2. The van der Waals surface area contributed by atoms with E-state index in [1.807, 2.05) is 20.8 Å². The molecule has 0 radical (unpaired) electrons. The molecule has 2 aromatic heterocycles. The number of anilines is 1. The molecule has 1 aliphatic heterocycles. The molecule has 0 saturated heterocycles. The van der Waals surface area contributed by atoms with Gasteiger partial charge in [-0.3, -0.25) is 9.78 Å². The van der Waals surface area contributed by atoms with Gasteiger partial charge in [-0.15, -0.1) is 0 Å². The fraction of sp³-hybridized carbons (Fsp3) is 0.368. The maximum Gasteiger partial charge on any atom is 0.433 e. The van der Waals surface area contributed by atoms with Crippen molar-refractivity contribution in [1.82, 2.24) is 10.1 Å². The lowest BCUT2D eigenvalue weighted by molar-refractivity contribution is -0.141. The second kappa shape index (κ2) is 7.42. The van der Waals surface area contributed by atoms with Gasteiger partial charge in [0.05, 0.1) is 5.56 Å². The summed E-state index contributed by atoms with van der Waals surface area (Å²) in [7, 11) is 0. The number of halogens is 4. The summed E-state index contributed by atoms with van der Waals surface area (Å²) in [6.45, 7) is 7.14. The molecule has 0 aliphatic carbocycles. The first-order chi connectivity index (χ1) is 13.8. The molecule has 7 nitrogen and oxygen atoms in total. The van der Waals surface area contributed by atoms with Gasteiger partial charge < -0.3 is 9.26 Å². The number of rotatable bonds is 3. The molecule has 0 fully saturated rings. The van der Waals surface area contributed by atoms with Crippen molar-refractivity contribution in [3.8, 4) is 0 Å². The third-order valence-electron chi connectivity index (χ3n) is 4.35. The summed E-state index contributed by atoms with van der Waals surface area (Å²) < 4.78 is 48.6. The van der Waals surface area contributed by atoms with Crippen LogP contribution in [-0.4, -0.2) is 28.2 Å². The van der Waals surface area contributed by atoms with E-state index >= 15 is 0 Å². The number of carbonyl (C=O) groups excluding carboxylic acids is 2. The maximum atomic E-state index is 12.7. The minimum Gasteiger partial charge on any atom is -0.433 e. The number of hydrogen-bond donors (Lipinski definition) is 0. The Bertz CT molecular complexity index is 1020. The lowest BCUT2D eigenvalue weighted by Crippen LogP contribution is -2.39. The van der Waals surface area contributed by atoms with E-state index in [9.17, 15) is 22.8 Å². The average Bonchev–Trinajstić information content (AvgIpc) is 3.22. The molecule has 0 spiro atoms. The van der Waals surface area contributed by atoms with Gasteiger partial charge in [0.1, 0.15) is 16.5 Å². The molecule has 160 valence electrons. The minimum absolute atomic E-state index is 0.0864. The summed E-state index contributed by atoms with van der Waals surface area (Å²) in [5.74, 6) is -1.05. The summed E-state index contributed by atoms with van der Waals surface area (Å²) in [5.41, 5.74) is -1.51. The molecule has 0 N–H and O–H groups in total. The lowest BCUT2D eigenvalue weighted by Gasteiger charge is -2.23. The van der Waals surface area contributed by atoms with Gasteiger partial charge in [-0.1, -0.05) is 37.5 Å². The molecule has 30 heavy (non-hydrogen) atoms. The van der Waals surface area contributed by atoms with Crippen LogP contribution in [-0.2, 0) is 21.1 Å². The first-order valence-corrected chi connectivity index (χ1v) is 9.09. The van der Waals surface area contributed by atoms with Crippen LogP contribution in [0.15, 0.2) is 39.5 Å². The van der Waals surface area contributed by atoms with Crippen LogP contribution in [0, 0.1) is 0 Å². The second-order valence-corrected chi connectivity index (χ2v) is 8.04. The smallest absolute Gasteiger partial charge is 0.433 e. The number of aromatic nitrogens is 2. The van der Waals surface area contributed by atoms with Gasteiger partial charge in [0.15, 0.2) is 5.82 Å². The standard InChI is InChI=1S/C19H17ClF3N3O4/c1-9-14(20)15(27)26(13-7-12(30-25-13)18(2,3)4)16(9)29-17(28)10-5-6-11(24-8-10)19(21,22)23/h5-8,16H,1-4H3. The first kappa shape index (κ1) is 21.8. The van der Waals surface area contributed by atoms with Crippen molar-refractivity contribution in [1.29, 1.82) is 0 Å². The second-order valence-electron chi connectivity index (χ2n) is 7.66. The highest BCUT2D eigenvalue weighted by Gasteiger charge is 2.42. The summed E-state index contributed by atoms with van der Waals surface area (Å²) in [6, 6.07) is 3.13. The molecule has 11 heteroatoms. The Hall–Kier alpha value is -2.88. The molecule has 0 saturated carbocycles. The Morgan fingerprint density at radius 3 is 2.43 bits per heavy atom. The fourth-order valence-electron chi connectivity index (χ4n) is 2.63. The van der Waals surface area contributed by atoms with Crippen molar-refractivity contribution in [2.24, 2.45) is 0 Å². The molecule has 3 rings (SSSR count).